The lowest BCUT2D eigenvalue weighted by Gasteiger charge is -2.19. The molecule has 2 N–H and O–H groups in total. The lowest BCUT2D eigenvalue weighted by Crippen LogP contribution is -2.42. The molecule has 0 aliphatic carbocycles. The van der Waals surface area contributed by atoms with E-state index in [0.29, 0.717) is 6.54 Å². The van der Waals surface area contributed by atoms with Crippen LogP contribution >= 0.6 is 12.4 Å². The van der Waals surface area contributed by atoms with E-state index in [-0.39, 0.29) is 24.2 Å². The molecular formula is C15H20ClF3N2O2. The van der Waals surface area contributed by atoms with Gasteiger partial charge in [-0.15, -0.1) is 12.4 Å². The molecule has 1 saturated heterocycles. The van der Waals surface area contributed by atoms with Gasteiger partial charge in [0.25, 0.3) is 5.91 Å². The quantitative estimate of drug-likeness (QED) is 0.856. The van der Waals surface area contributed by atoms with Crippen molar-refractivity contribution < 1.29 is 22.7 Å². The number of ether oxygens (including phenoxy) is 1. The van der Waals surface area contributed by atoms with Gasteiger partial charge in [-0.1, -0.05) is 12.1 Å². The Hall–Kier alpha value is -1.47. The van der Waals surface area contributed by atoms with Crippen molar-refractivity contribution >= 4 is 18.3 Å². The minimum absolute atomic E-state index is 0. The molecule has 23 heavy (non-hydrogen) atoms. The Kier molecular flexibility index (Phi) is 7.15. The highest BCUT2D eigenvalue weighted by molar-refractivity contribution is 5.85. The highest BCUT2D eigenvalue weighted by Gasteiger charge is 2.34. The zero-order valence-corrected chi connectivity index (χ0v) is 13.5. The number of rotatable bonds is 5. The van der Waals surface area contributed by atoms with E-state index >= 15 is 0 Å². The van der Waals surface area contributed by atoms with Gasteiger partial charge in [0.2, 0.25) is 0 Å². The van der Waals surface area contributed by atoms with Crippen LogP contribution in [0.4, 0.5) is 13.2 Å². The number of hydrogen-bond donors (Lipinski definition) is 2. The summed E-state index contributed by atoms with van der Waals surface area (Å²) < 4.78 is 43.8. The van der Waals surface area contributed by atoms with Gasteiger partial charge in [0.15, 0.2) is 6.10 Å². The van der Waals surface area contributed by atoms with E-state index in [1.165, 1.54) is 25.1 Å². The maximum absolute atomic E-state index is 12.9. The van der Waals surface area contributed by atoms with Gasteiger partial charge in [0.1, 0.15) is 5.75 Å². The second kappa shape index (κ2) is 8.40. The highest BCUT2D eigenvalue weighted by Crippen LogP contribution is 2.36. The molecular weight excluding hydrogens is 333 g/mol. The molecule has 0 spiro atoms. The van der Waals surface area contributed by atoms with Crippen molar-refractivity contribution in [3.8, 4) is 5.75 Å². The maximum Gasteiger partial charge on any atom is 0.419 e. The average Bonchev–Trinajstić information content (AvgIpc) is 2.97. The molecule has 130 valence electrons. The van der Waals surface area contributed by atoms with Gasteiger partial charge in [-0.25, -0.2) is 0 Å². The van der Waals surface area contributed by atoms with Crippen LogP contribution in [0.15, 0.2) is 24.3 Å². The van der Waals surface area contributed by atoms with Gasteiger partial charge < -0.3 is 15.4 Å². The summed E-state index contributed by atoms with van der Waals surface area (Å²) in [6, 6.07) is 5.09. The standard InChI is InChI=1S/C15H19F3N2O2.ClH/c1-10(14(21)20-9-11-5-4-8-19-11)22-13-7-3-2-6-12(13)15(16,17)18;/h2-3,6-7,10-11,19H,4-5,8-9H2,1H3,(H,20,21);1H. The van der Waals surface area contributed by atoms with Crippen molar-refractivity contribution in [3.63, 3.8) is 0 Å². The third kappa shape index (κ3) is 5.58. The van der Waals surface area contributed by atoms with Crippen LogP contribution in [0.2, 0.25) is 0 Å². The predicted octanol–water partition coefficient (Wildman–Crippen LogP) is 2.76. The second-order valence-electron chi connectivity index (χ2n) is 5.29. The smallest absolute Gasteiger partial charge is 0.419 e. The lowest BCUT2D eigenvalue weighted by molar-refractivity contribution is -0.140. The van der Waals surface area contributed by atoms with Crippen molar-refractivity contribution in [2.45, 2.75) is 38.1 Å². The van der Waals surface area contributed by atoms with E-state index in [0.717, 1.165) is 25.5 Å². The van der Waals surface area contributed by atoms with Crippen molar-refractivity contribution in [2.75, 3.05) is 13.1 Å². The molecule has 0 bridgehead atoms. The molecule has 1 aromatic carbocycles. The van der Waals surface area contributed by atoms with Crippen LogP contribution < -0.4 is 15.4 Å². The van der Waals surface area contributed by atoms with Crippen LogP contribution in [0.5, 0.6) is 5.75 Å². The molecule has 8 heteroatoms. The van der Waals surface area contributed by atoms with Crippen LogP contribution in [-0.4, -0.2) is 31.1 Å². The zero-order valence-electron chi connectivity index (χ0n) is 12.7. The van der Waals surface area contributed by atoms with E-state index in [9.17, 15) is 18.0 Å². The Bertz CT molecular complexity index is 520. The third-order valence-electron chi connectivity index (χ3n) is 3.55. The number of amides is 1. The van der Waals surface area contributed by atoms with Gasteiger partial charge >= 0.3 is 6.18 Å². The molecule has 1 aliphatic heterocycles. The molecule has 2 rings (SSSR count). The Labute approximate surface area is 139 Å². The van der Waals surface area contributed by atoms with Gasteiger partial charge in [0, 0.05) is 12.6 Å². The van der Waals surface area contributed by atoms with E-state index in [4.69, 9.17) is 4.74 Å². The van der Waals surface area contributed by atoms with E-state index in [1.54, 1.807) is 0 Å². The normalized spacial score (nSPS) is 18.9. The number of carbonyl (C=O) groups is 1. The second-order valence-corrected chi connectivity index (χ2v) is 5.29. The highest BCUT2D eigenvalue weighted by atomic mass is 35.5. The maximum atomic E-state index is 12.9. The molecule has 2 unspecified atom stereocenters. The van der Waals surface area contributed by atoms with Gasteiger partial charge in [-0.2, -0.15) is 13.2 Å². The Morgan fingerprint density at radius 3 is 2.74 bits per heavy atom. The predicted molar refractivity (Wildman–Crippen MR) is 82.8 cm³/mol. The molecule has 4 nitrogen and oxygen atoms in total. The minimum atomic E-state index is -4.51. The van der Waals surface area contributed by atoms with Crippen molar-refractivity contribution in [3.05, 3.63) is 29.8 Å². The third-order valence-corrected chi connectivity index (χ3v) is 3.55. The molecule has 2 atom stereocenters. The van der Waals surface area contributed by atoms with Crippen molar-refractivity contribution in [1.82, 2.24) is 10.6 Å². The summed E-state index contributed by atoms with van der Waals surface area (Å²) in [6.07, 6.45) is -3.47. The number of halogens is 4. The number of para-hydroxylation sites is 1. The van der Waals surface area contributed by atoms with Crippen LogP contribution in [0.25, 0.3) is 0 Å². The van der Waals surface area contributed by atoms with E-state index < -0.39 is 23.8 Å². The molecule has 1 aromatic rings. The summed E-state index contributed by atoms with van der Waals surface area (Å²) in [5, 5.41) is 5.92. The fourth-order valence-corrected chi connectivity index (χ4v) is 2.35. The molecule has 1 amide bonds. The van der Waals surface area contributed by atoms with Crippen molar-refractivity contribution in [1.29, 1.82) is 0 Å². The Morgan fingerprint density at radius 2 is 2.13 bits per heavy atom. The molecule has 1 heterocycles. The number of benzene rings is 1. The van der Waals surface area contributed by atoms with E-state index in [1.807, 2.05) is 0 Å². The van der Waals surface area contributed by atoms with Crippen LogP contribution in [0.1, 0.15) is 25.3 Å². The summed E-state index contributed by atoms with van der Waals surface area (Å²) in [6.45, 7) is 2.81. The molecule has 1 aliphatic rings. The fraction of sp³-hybridized carbons (Fsp3) is 0.533. The number of alkyl halides is 3. The summed E-state index contributed by atoms with van der Waals surface area (Å²) in [5.74, 6) is -0.762. The number of carbonyl (C=O) groups excluding carboxylic acids is 1. The van der Waals surface area contributed by atoms with Gasteiger partial charge in [-0.05, 0) is 38.4 Å². The minimum Gasteiger partial charge on any atom is -0.480 e. The Balaban J connectivity index is 0.00000264. The summed E-state index contributed by atoms with van der Waals surface area (Å²) >= 11 is 0. The molecule has 0 saturated carbocycles. The van der Waals surface area contributed by atoms with Gasteiger partial charge in [-0.3, -0.25) is 4.79 Å². The lowest BCUT2D eigenvalue weighted by atomic mass is 10.2. The summed E-state index contributed by atoms with van der Waals surface area (Å²) in [7, 11) is 0. The monoisotopic (exact) mass is 352 g/mol. The van der Waals surface area contributed by atoms with E-state index in [2.05, 4.69) is 10.6 Å². The summed E-state index contributed by atoms with van der Waals surface area (Å²) in [4.78, 5) is 11.9. The first-order valence-electron chi connectivity index (χ1n) is 7.22. The molecule has 1 fully saturated rings. The van der Waals surface area contributed by atoms with Crippen molar-refractivity contribution in [2.24, 2.45) is 0 Å². The van der Waals surface area contributed by atoms with Crippen LogP contribution in [0, 0.1) is 0 Å². The van der Waals surface area contributed by atoms with Gasteiger partial charge in [0.05, 0.1) is 5.56 Å². The topological polar surface area (TPSA) is 50.4 Å². The first-order valence-corrected chi connectivity index (χ1v) is 7.22. The fourth-order valence-electron chi connectivity index (χ4n) is 2.35. The van der Waals surface area contributed by atoms with Crippen LogP contribution in [0.3, 0.4) is 0 Å². The largest absolute Gasteiger partial charge is 0.480 e. The zero-order chi connectivity index (χ0) is 16.2. The first kappa shape index (κ1) is 19.6. The first-order chi connectivity index (χ1) is 10.4. The Morgan fingerprint density at radius 1 is 1.43 bits per heavy atom. The SMILES string of the molecule is CC(Oc1ccccc1C(F)(F)F)C(=O)NCC1CCCN1.Cl. The molecule has 0 radical (unpaired) electrons. The molecule has 0 aromatic heterocycles. The average molecular weight is 353 g/mol. The number of hydrogen-bond acceptors (Lipinski definition) is 3. The summed E-state index contributed by atoms with van der Waals surface area (Å²) in [5.41, 5.74) is -0.882. The number of nitrogens with one attached hydrogen (secondary N) is 2. The van der Waals surface area contributed by atoms with Crippen LogP contribution in [-0.2, 0) is 11.0 Å².